The van der Waals surface area contributed by atoms with E-state index in [0.717, 1.165) is 29.0 Å². The number of rotatable bonds is 2. The lowest BCUT2D eigenvalue weighted by Crippen LogP contribution is -2.35. The zero-order valence-corrected chi connectivity index (χ0v) is 12.7. The van der Waals surface area contributed by atoms with E-state index in [1.54, 1.807) is 0 Å². The van der Waals surface area contributed by atoms with Crippen LogP contribution in [0.1, 0.15) is 43.2 Å². The van der Waals surface area contributed by atoms with Crippen LogP contribution in [-0.2, 0) is 5.33 Å². The fraction of sp³-hybridized carbons (Fsp3) is 0.562. The summed E-state index contributed by atoms with van der Waals surface area (Å²) in [7, 11) is 0. The molecule has 2 unspecified atom stereocenters. The van der Waals surface area contributed by atoms with E-state index >= 15 is 0 Å². The molecule has 1 heterocycles. The van der Waals surface area contributed by atoms with Gasteiger partial charge in [0.05, 0.1) is 11.3 Å². The monoisotopic (exact) mass is 318 g/mol. The predicted octanol–water partition coefficient (Wildman–Crippen LogP) is 4.22. The minimum Gasteiger partial charge on any atom is -0.367 e. The summed E-state index contributed by atoms with van der Waals surface area (Å²) < 4.78 is 0. The lowest BCUT2D eigenvalue weighted by molar-refractivity contribution is 0.342. The average Bonchev–Trinajstić information content (AvgIpc) is 2.90. The third-order valence-corrected chi connectivity index (χ3v) is 5.30. The lowest BCUT2D eigenvalue weighted by Gasteiger charge is -2.33. The van der Waals surface area contributed by atoms with E-state index < -0.39 is 0 Å². The quantitative estimate of drug-likeness (QED) is 0.763. The number of hydrogen-bond acceptors (Lipinski definition) is 2. The van der Waals surface area contributed by atoms with Crippen molar-refractivity contribution >= 4 is 21.6 Å². The van der Waals surface area contributed by atoms with Crippen LogP contribution < -0.4 is 4.90 Å². The molecule has 0 aromatic heterocycles. The normalized spacial score (nSPS) is 26.0. The Kier molecular flexibility index (Phi) is 3.79. The Morgan fingerprint density at radius 1 is 1.26 bits per heavy atom. The standard InChI is InChI=1S/C16H19BrN2/c17-10-12-5-6-16(14(9-12)11-18)19-8-7-13-3-1-2-4-15(13)19/h5-6,9,13,15H,1-4,7-8,10H2. The maximum Gasteiger partial charge on any atom is 0.101 e. The molecule has 2 fully saturated rings. The van der Waals surface area contributed by atoms with Crippen LogP contribution in [0.5, 0.6) is 0 Å². The Hall–Kier alpha value is -1.01. The molecular formula is C16H19BrN2. The molecule has 0 bridgehead atoms. The van der Waals surface area contributed by atoms with Crippen molar-refractivity contribution in [1.82, 2.24) is 0 Å². The van der Waals surface area contributed by atoms with Gasteiger partial charge in [0.1, 0.15) is 6.07 Å². The van der Waals surface area contributed by atoms with Gasteiger partial charge in [-0.3, -0.25) is 0 Å². The summed E-state index contributed by atoms with van der Waals surface area (Å²) in [4.78, 5) is 2.50. The lowest BCUT2D eigenvalue weighted by atomic mass is 9.85. The number of nitrogens with zero attached hydrogens (tertiary/aromatic N) is 2. The molecule has 1 saturated carbocycles. The minimum atomic E-state index is 0.677. The molecule has 3 rings (SSSR count). The third-order valence-electron chi connectivity index (χ3n) is 4.66. The first-order chi connectivity index (χ1) is 9.33. The van der Waals surface area contributed by atoms with Crippen molar-refractivity contribution < 1.29 is 0 Å². The van der Waals surface area contributed by atoms with Gasteiger partial charge < -0.3 is 4.90 Å². The van der Waals surface area contributed by atoms with E-state index in [1.165, 1.54) is 37.7 Å². The van der Waals surface area contributed by atoms with E-state index in [4.69, 9.17) is 0 Å². The summed E-state index contributed by atoms with van der Waals surface area (Å²) in [6.45, 7) is 1.12. The molecule has 0 N–H and O–H groups in total. The van der Waals surface area contributed by atoms with Gasteiger partial charge in [-0.1, -0.05) is 34.8 Å². The Bertz CT molecular complexity index is 506. The largest absolute Gasteiger partial charge is 0.367 e. The molecule has 1 aliphatic carbocycles. The van der Waals surface area contributed by atoms with Crippen LogP contribution >= 0.6 is 15.9 Å². The van der Waals surface area contributed by atoms with Crippen LogP contribution in [0.25, 0.3) is 0 Å². The number of fused-ring (bicyclic) bond motifs is 1. The molecule has 0 spiro atoms. The first-order valence-corrected chi connectivity index (χ1v) is 8.31. The molecule has 1 saturated heterocycles. The van der Waals surface area contributed by atoms with Gasteiger partial charge in [-0.15, -0.1) is 0 Å². The van der Waals surface area contributed by atoms with Crippen molar-refractivity contribution in [2.45, 2.75) is 43.5 Å². The number of halogens is 1. The SMILES string of the molecule is N#Cc1cc(CBr)ccc1N1CCC2CCCCC21. The predicted molar refractivity (Wildman–Crippen MR) is 81.5 cm³/mol. The van der Waals surface area contributed by atoms with Crippen LogP contribution in [-0.4, -0.2) is 12.6 Å². The average molecular weight is 319 g/mol. The zero-order chi connectivity index (χ0) is 13.2. The molecular weight excluding hydrogens is 300 g/mol. The van der Waals surface area contributed by atoms with Gasteiger partial charge in [0, 0.05) is 17.9 Å². The van der Waals surface area contributed by atoms with Gasteiger partial charge in [-0.05, 0) is 42.9 Å². The fourth-order valence-corrected chi connectivity index (χ4v) is 4.06. The van der Waals surface area contributed by atoms with Crippen LogP contribution in [0.4, 0.5) is 5.69 Å². The first kappa shape index (κ1) is 13.0. The van der Waals surface area contributed by atoms with Crippen molar-refractivity contribution in [1.29, 1.82) is 5.26 Å². The summed E-state index contributed by atoms with van der Waals surface area (Å²) in [6.07, 6.45) is 6.72. The second kappa shape index (κ2) is 5.54. The zero-order valence-electron chi connectivity index (χ0n) is 11.1. The Balaban J connectivity index is 1.92. The summed E-state index contributed by atoms with van der Waals surface area (Å²) in [6, 6.07) is 9.37. The molecule has 1 aromatic rings. The van der Waals surface area contributed by atoms with Crippen molar-refractivity contribution in [3.8, 4) is 6.07 Å². The molecule has 1 aromatic carbocycles. The van der Waals surface area contributed by atoms with Crippen LogP contribution in [0.15, 0.2) is 18.2 Å². The van der Waals surface area contributed by atoms with Crippen LogP contribution in [0.3, 0.4) is 0 Å². The maximum atomic E-state index is 9.40. The van der Waals surface area contributed by atoms with E-state index in [0.29, 0.717) is 6.04 Å². The van der Waals surface area contributed by atoms with Crippen LogP contribution in [0, 0.1) is 17.2 Å². The van der Waals surface area contributed by atoms with Crippen molar-refractivity contribution in [2.24, 2.45) is 5.92 Å². The van der Waals surface area contributed by atoms with E-state index in [1.807, 2.05) is 6.07 Å². The van der Waals surface area contributed by atoms with Gasteiger partial charge in [-0.2, -0.15) is 5.26 Å². The molecule has 19 heavy (non-hydrogen) atoms. The molecule has 3 heteroatoms. The summed E-state index contributed by atoms with van der Waals surface area (Å²) in [5, 5.41) is 10.2. The summed E-state index contributed by atoms with van der Waals surface area (Å²) in [5.74, 6) is 0.858. The fourth-order valence-electron chi connectivity index (χ4n) is 3.71. The van der Waals surface area contributed by atoms with E-state index in [9.17, 15) is 5.26 Å². The van der Waals surface area contributed by atoms with Crippen LogP contribution in [0.2, 0.25) is 0 Å². The Labute approximate surface area is 123 Å². The highest BCUT2D eigenvalue weighted by Crippen LogP contribution is 2.39. The summed E-state index contributed by atoms with van der Waals surface area (Å²) >= 11 is 3.46. The molecule has 2 atom stereocenters. The highest BCUT2D eigenvalue weighted by Gasteiger charge is 2.36. The first-order valence-electron chi connectivity index (χ1n) is 7.19. The minimum absolute atomic E-state index is 0.677. The molecule has 1 aliphatic heterocycles. The number of alkyl halides is 1. The van der Waals surface area contributed by atoms with Gasteiger partial charge >= 0.3 is 0 Å². The Morgan fingerprint density at radius 3 is 2.89 bits per heavy atom. The number of benzene rings is 1. The molecule has 0 radical (unpaired) electrons. The van der Waals surface area contributed by atoms with Crippen molar-refractivity contribution in [3.05, 3.63) is 29.3 Å². The highest BCUT2D eigenvalue weighted by atomic mass is 79.9. The van der Waals surface area contributed by atoms with Crippen molar-refractivity contribution in [2.75, 3.05) is 11.4 Å². The van der Waals surface area contributed by atoms with Gasteiger partial charge in [0.25, 0.3) is 0 Å². The maximum absolute atomic E-state index is 9.40. The number of nitriles is 1. The van der Waals surface area contributed by atoms with Gasteiger partial charge in [0.2, 0.25) is 0 Å². The third kappa shape index (κ3) is 2.39. The van der Waals surface area contributed by atoms with Gasteiger partial charge in [-0.25, -0.2) is 0 Å². The summed E-state index contributed by atoms with van der Waals surface area (Å²) in [5.41, 5.74) is 3.17. The highest BCUT2D eigenvalue weighted by molar-refractivity contribution is 9.08. The smallest absolute Gasteiger partial charge is 0.101 e. The topological polar surface area (TPSA) is 27.0 Å². The number of hydrogen-bond donors (Lipinski definition) is 0. The molecule has 2 nitrogen and oxygen atoms in total. The molecule has 0 amide bonds. The Morgan fingerprint density at radius 2 is 2.11 bits per heavy atom. The second-order valence-electron chi connectivity index (χ2n) is 5.69. The molecule has 100 valence electrons. The number of anilines is 1. The van der Waals surface area contributed by atoms with E-state index in [-0.39, 0.29) is 0 Å². The van der Waals surface area contributed by atoms with Gasteiger partial charge in [0.15, 0.2) is 0 Å². The molecule has 2 aliphatic rings. The van der Waals surface area contributed by atoms with E-state index in [2.05, 4.69) is 39.0 Å². The second-order valence-corrected chi connectivity index (χ2v) is 6.25. The van der Waals surface area contributed by atoms with Crippen molar-refractivity contribution in [3.63, 3.8) is 0 Å².